The summed E-state index contributed by atoms with van der Waals surface area (Å²) >= 11 is 8.66. The minimum absolute atomic E-state index is 0.0400. The Morgan fingerprint density at radius 3 is 2.67 bits per heavy atom. The van der Waals surface area contributed by atoms with E-state index < -0.39 is 0 Å². The molecule has 1 heterocycles. The van der Waals surface area contributed by atoms with Crippen LogP contribution in [0.4, 0.5) is 4.39 Å². The van der Waals surface area contributed by atoms with Crippen molar-refractivity contribution in [2.75, 3.05) is 7.11 Å². The average molecular weight is 430 g/mol. The van der Waals surface area contributed by atoms with Crippen molar-refractivity contribution in [3.8, 4) is 5.75 Å². The summed E-state index contributed by atoms with van der Waals surface area (Å²) in [4.78, 5) is 1.12. The van der Waals surface area contributed by atoms with Gasteiger partial charge in [0.25, 0.3) is 0 Å². The van der Waals surface area contributed by atoms with Gasteiger partial charge in [-0.25, -0.2) is 4.39 Å². The molecule has 0 aliphatic rings. The fraction of sp³-hybridized carbons (Fsp3) is 0.125. The first kappa shape index (κ1) is 15.0. The molecule has 0 saturated carbocycles. The monoisotopic (exact) mass is 428 g/mol. The SMILES string of the molecule is COc1cc(F)c(Br)cc1C(Br)c1cc2ccccc2s1. The molecule has 0 spiro atoms. The fourth-order valence-electron chi connectivity index (χ4n) is 2.20. The summed E-state index contributed by atoms with van der Waals surface area (Å²) < 4.78 is 20.6. The zero-order valence-corrected chi connectivity index (χ0v) is 15.1. The van der Waals surface area contributed by atoms with E-state index in [0.717, 1.165) is 10.4 Å². The molecule has 2 aromatic carbocycles. The molecule has 1 aromatic heterocycles. The molecule has 0 N–H and O–H groups in total. The molecule has 1 atom stereocenters. The van der Waals surface area contributed by atoms with Crippen LogP contribution in [0.15, 0.2) is 46.9 Å². The van der Waals surface area contributed by atoms with Crippen LogP contribution >= 0.6 is 43.2 Å². The molecule has 5 heteroatoms. The van der Waals surface area contributed by atoms with E-state index in [1.54, 1.807) is 24.5 Å². The molecule has 0 radical (unpaired) electrons. The van der Waals surface area contributed by atoms with Crippen LogP contribution in [0.3, 0.4) is 0 Å². The number of halogens is 3. The molecule has 0 saturated heterocycles. The van der Waals surface area contributed by atoms with E-state index in [1.165, 1.54) is 16.2 Å². The van der Waals surface area contributed by atoms with Crippen molar-refractivity contribution < 1.29 is 9.13 Å². The molecule has 1 nitrogen and oxygen atoms in total. The third kappa shape index (κ3) is 2.87. The summed E-state index contributed by atoms with van der Waals surface area (Å²) in [5.41, 5.74) is 0.900. The number of methoxy groups -OCH3 is 1. The highest BCUT2D eigenvalue weighted by atomic mass is 79.9. The number of hydrogen-bond acceptors (Lipinski definition) is 2. The summed E-state index contributed by atoms with van der Waals surface area (Å²) in [6.07, 6.45) is 0. The quantitative estimate of drug-likeness (QED) is 0.444. The molecular formula is C16H11Br2FOS. The van der Waals surface area contributed by atoms with Gasteiger partial charge in [-0.05, 0) is 39.5 Å². The first-order valence-electron chi connectivity index (χ1n) is 6.25. The number of rotatable bonds is 3. The van der Waals surface area contributed by atoms with Crippen LogP contribution in [0.25, 0.3) is 10.1 Å². The van der Waals surface area contributed by atoms with Gasteiger partial charge in [-0.2, -0.15) is 0 Å². The molecule has 108 valence electrons. The molecule has 1 unspecified atom stereocenters. The Hall–Kier alpha value is -0.910. The number of fused-ring (bicyclic) bond motifs is 1. The molecule has 3 aromatic rings. The van der Waals surface area contributed by atoms with Gasteiger partial charge in [-0.15, -0.1) is 11.3 Å². The molecule has 0 aliphatic heterocycles. The predicted octanol–water partition coefficient (Wildman–Crippen LogP) is 6.30. The standard InChI is InChI=1S/C16H11Br2FOS/c1-20-13-8-12(19)11(17)7-10(13)16(18)15-6-9-4-2-3-5-14(9)21-15/h2-8,16H,1H3. The van der Waals surface area contributed by atoms with Crippen LogP contribution < -0.4 is 4.74 Å². The van der Waals surface area contributed by atoms with E-state index in [0.29, 0.717) is 10.2 Å². The third-order valence-electron chi connectivity index (χ3n) is 3.24. The van der Waals surface area contributed by atoms with E-state index in [2.05, 4.69) is 50.1 Å². The zero-order valence-electron chi connectivity index (χ0n) is 11.1. The van der Waals surface area contributed by atoms with E-state index in [4.69, 9.17) is 4.74 Å². The summed E-state index contributed by atoms with van der Waals surface area (Å²) in [5, 5.41) is 1.21. The van der Waals surface area contributed by atoms with E-state index >= 15 is 0 Å². The Bertz CT molecular complexity index is 767. The van der Waals surface area contributed by atoms with Gasteiger partial charge in [-0.3, -0.25) is 0 Å². The van der Waals surface area contributed by atoms with Crippen molar-refractivity contribution in [1.82, 2.24) is 0 Å². The van der Waals surface area contributed by atoms with Gasteiger partial charge >= 0.3 is 0 Å². The number of alkyl halides is 1. The van der Waals surface area contributed by atoms with Crippen LogP contribution in [0.2, 0.25) is 0 Å². The number of ether oxygens (including phenoxy) is 1. The van der Waals surface area contributed by atoms with E-state index in [1.807, 2.05) is 12.1 Å². The first-order valence-corrected chi connectivity index (χ1v) is 8.78. The topological polar surface area (TPSA) is 9.23 Å². The largest absolute Gasteiger partial charge is 0.496 e. The van der Waals surface area contributed by atoms with Gasteiger partial charge < -0.3 is 4.74 Å². The Morgan fingerprint density at radius 1 is 1.19 bits per heavy atom. The van der Waals surface area contributed by atoms with Gasteiger partial charge in [0.05, 0.1) is 16.4 Å². The summed E-state index contributed by atoms with van der Waals surface area (Å²) in [6, 6.07) is 13.6. The maximum Gasteiger partial charge on any atom is 0.141 e. The molecule has 0 aliphatic carbocycles. The average Bonchev–Trinajstić information content (AvgIpc) is 2.92. The van der Waals surface area contributed by atoms with Crippen LogP contribution in [-0.4, -0.2) is 7.11 Å². The van der Waals surface area contributed by atoms with Crippen molar-refractivity contribution in [2.24, 2.45) is 0 Å². The maximum atomic E-state index is 13.6. The molecule has 21 heavy (non-hydrogen) atoms. The van der Waals surface area contributed by atoms with E-state index in [9.17, 15) is 4.39 Å². The van der Waals surface area contributed by atoms with Crippen molar-refractivity contribution in [1.29, 1.82) is 0 Å². The Kier molecular flexibility index (Phi) is 4.33. The lowest BCUT2D eigenvalue weighted by Gasteiger charge is -2.14. The zero-order chi connectivity index (χ0) is 15.0. The second-order valence-electron chi connectivity index (χ2n) is 4.56. The minimum Gasteiger partial charge on any atom is -0.496 e. The van der Waals surface area contributed by atoms with Crippen LogP contribution in [-0.2, 0) is 0 Å². The smallest absolute Gasteiger partial charge is 0.141 e. The third-order valence-corrected chi connectivity index (χ3v) is 6.32. The second kappa shape index (κ2) is 6.07. The fourth-order valence-corrected chi connectivity index (χ4v) is 4.39. The van der Waals surface area contributed by atoms with Gasteiger partial charge in [0.1, 0.15) is 11.6 Å². The number of benzene rings is 2. The molecular weight excluding hydrogens is 419 g/mol. The molecule has 0 amide bonds. The second-order valence-corrected chi connectivity index (χ2v) is 7.44. The minimum atomic E-state index is -0.327. The predicted molar refractivity (Wildman–Crippen MR) is 93.2 cm³/mol. The Balaban J connectivity index is 2.09. The summed E-state index contributed by atoms with van der Waals surface area (Å²) in [5.74, 6) is 0.210. The van der Waals surface area contributed by atoms with Crippen molar-refractivity contribution >= 4 is 53.3 Å². The van der Waals surface area contributed by atoms with Gasteiger partial charge in [0, 0.05) is 21.2 Å². The lowest BCUT2D eigenvalue weighted by atomic mass is 10.1. The number of hydrogen-bond donors (Lipinski definition) is 0. The lowest BCUT2D eigenvalue weighted by molar-refractivity contribution is 0.406. The van der Waals surface area contributed by atoms with Gasteiger partial charge in [0.2, 0.25) is 0 Å². The van der Waals surface area contributed by atoms with Crippen molar-refractivity contribution in [3.63, 3.8) is 0 Å². The van der Waals surface area contributed by atoms with Crippen LogP contribution in [0, 0.1) is 5.82 Å². The van der Waals surface area contributed by atoms with Gasteiger partial charge in [-0.1, -0.05) is 34.1 Å². The first-order chi connectivity index (χ1) is 10.1. The molecule has 0 bridgehead atoms. The highest BCUT2D eigenvalue weighted by Gasteiger charge is 2.19. The molecule has 3 rings (SSSR count). The van der Waals surface area contributed by atoms with Crippen molar-refractivity contribution in [3.05, 3.63) is 63.2 Å². The maximum absolute atomic E-state index is 13.6. The van der Waals surface area contributed by atoms with Crippen LogP contribution in [0.1, 0.15) is 15.3 Å². The van der Waals surface area contributed by atoms with E-state index in [-0.39, 0.29) is 10.6 Å². The highest BCUT2D eigenvalue weighted by Crippen LogP contribution is 2.43. The summed E-state index contributed by atoms with van der Waals surface area (Å²) in [6.45, 7) is 0. The Morgan fingerprint density at radius 2 is 1.95 bits per heavy atom. The normalized spacial score (nSPS) is 12.6. The molecule has 0 fully saturated rings. The van der Waals surface area contributed by atoms with Crippen molar-refractivity contribution in [2.45, 2.75) is 4.83 Å². The highest BCUT2D eigenvalue weighted by molar-refractivity contribution is 9.10. The summed E-state index contributed by atoms with van der Waals surface area (Å²) in [7, 11) is 1.55. The lowest BCUT2D eigenvalue weighted by Crippen LogP contribution is -1.97. The van der Waals surface area contributed by atoms with Gasteiger partial charge in [0.15, 0.2) is 0 Å². The number of thiophene rings is 1. The Labute approximate surface area is 143 Å². The van der Waals surface area contributed by atoms with Crippen LogP contribution in [0.5, 0.6) is 5.75 Å².